The first-order valence-electron chi connectivity index (χ1n) is 15.4. The number of hydrogen-bond donors (Lipinski definition) is 0. The molecule has 0 fully saturated rings. The maximum absolute atomic E-state index is 2.41. The van der Waals surface area contributed by atoms with Crippen LogP contribution in [0.4, 0.5) is 17.1 Å². The second kappa shape index (κ2) is 10.3. The lowest BCUT2D eigenvalue weighted by Crippen LogP contribution is -2.09. The minimum atomic E-state index is 1.12. The third-order valence-electron chi connectivity index (χ3n) is 8.88. The van der Waals surface area contributed by atoms with E-state index in [0.717, 1.165) is 22.7 Å². The Morgan fingerprint density at radius 1 is 0.289 bits per heavy atom. The number of hydrogen-bond acceptors (Lipinski definition) is 1. The van der Waals surface area contributed by atoms with E-state index in [-0.39, 0.29) is 0 Å². The van der Waals surface area contributed by atoms with Crippen molar-refractivity contribution in [1.29, 1.82) is 0 Å². The Balaban J connectivity index is 1.28. The largest absolute Gasteiger partial charge is 0.311 e. The molecule has 0 amide bonds. The van der Waals surface area contributed by atoms with Gasteiger partial charge in [0.2, 0.25) is 0 Å². The predicted molar refractivity (Wildman–Crippen MR) is 190 cm³/mol. The monoisotopic (exact) mass is 575 g/mol. The highest BCUT2D eigenvalue weighted by atomic mass is 15.1. The highest BCUT2D eigenvalue weighted by molar-refractivity contribution is 6.28. The van der Waals surface area contributed by atoms with Crippen molar-refractivity contribution >= 4 is 60.7 Å². The number of aromatic nitrogens is 2. The van der Waals surface area contributed by atoms with Crippen LogP contribution in [0.2, 0.25) is 0 Å². The molecule has 0 aliphatic rings. The van der Waals surface area contributed by atoms with Gasteiger partial charge in [0.1, 0.15) is 0 Å². The van der Waals surface area contributed by atoms with Gasteiger partial charge >= 0.3 is 0 Å². The molecule has 7 aromatic carbocycles. The summed E-state index contributed by atoms with van der Waals surface area (Å²) in [4.78, 5) is 2.30. The van der Waals surface area contributed by atoms with Crippen molar-refractivity contribution in [3.8, 4) is 11.4 Å². The van der Waals surface area contributed by atoms with Crippen LogP contribution in [0.5, 0.6) is 0 Å². The van der Waals surface area contributed by atoms with Gasteiger partial charge in [-0.2, -0.15) is 0 Å². The fourth-order valence-corrected chi connectivity index (χ4v) is 7.00. The molecule has 45 heavy (non-hydrogen) atoms. The van der Waals surface area contributed by atoms with Gasteiger partial charge < -0.3 is 14.0 Å². The van der Waals surface area contributed by atoms with Crippen LogP contribution in [0.3, 0.4) is 0 Å². The minimum Gasteiger partial charge on any atom is -0.311 e. The average molecular weight is 576 g/mol. The molecular formula is C42H29N3. The van der Waals surface area contributed by atoms with Gasteiger partial charge in [-0.3, -0.25) is 0 Å². The van der Waals surface area contributed by atoms with Crippen molar-refractivity contribution in [1.82, 2.24) is 9.13 Å². The van der Waals surface area contributed by atoms with Gasteiger partial charge in [-0.05, 0) is 84.9 Å². The second-order valence-corrected chi connectivity index (χ2v) is 11.4. The predicted octanol–water partition coefficient (Wildman–Crippen LogP) is 11.4. The standard InChI is InChI=1S/C42H29N3/c1-4-14-30(15-5-1)43(31-16-6-2-7-17-31)33-24-26-34(27-25-33)45-38-23-13-11-21-36(38)42-40(45)29-28-39-41(42)35-20-10-12-22-37(35)44(39)32-18-8-3-9-19-32/h1-29H. The minimum absolute atomic E-state index is 1.12. The van der Waals surface area contributed by atoms with E-state index in [1.54, 1.807) is 0 Å². The van der Waals surface area contributed by atoms with Gasteiger partial charge in [0.15, 0.2) is 0 Å². The van der Waals surface area contributed by atoms with Crippen molar-refractivity contribution in [2.75, 3.05) is 4.90 Å². The van der Waals surface area contributed by atoms with Crippen molar-refractivity contribution in [3.63, 3.8) is 0 Å². The Morgan fingerprint density at radius 3 is 1.16 bits per heavy atom. The molecule has 0 N–H and O–H groups in total. The maximum Gasteiger partial charge on any atom is 0.0548 e. The molecule has 9 aromatic rings. The summed E-state index contributed by atoms with van der Waals surface area (Å²) in [5.41, 5.74) is 10.5. The van der Waals surface area contributed by atoms with E-state index in [1.165, 1.54) is 49.3 Å². The number of nitrogens with zero attached hydrogens (tertiary/aromatic N) is 3. The zero-order chi connectivity index (χ0) is 29.7. The Labute approximate surface area is 261 Å². The van der Waals surface area contributed by atoms with E-state index in [0.29, 0.717) is 0 Å². The van der Waals surface area contributed by atoms with Crippen molar-refractivity contribution in [2.24, 2.45) is 0 Å². The molecule has 212 valence electrons. The van der Waals surface area contributed by atoms with Gasteiger partial charge in [0, 0.05) is 50.0 Å². The molecule has 2 heterocycles. The van der Waals surface area contributed by atoms with Crippen LogP contribution < -0.4 is 4.90 Å². The third-order valence-corrected chi connectivity index (χ3v) is 8.88. The van der Waals surface area contributed by atoms with Crippen LogP contribution in [0.25, 0.3) is 55.0 Å². The summed E-state index contributed by atoms with van der Waals surface area (Å²) in [7, 11) is 0. The molecular weight excluding hydrogens is 546 g/mol. The Hall–Kier alpha value is -6.06. The maximum atomic E-state index is 2.41. The molecule has 0 saturated carbocycles. The van der Waals surface area contributed by atoms with Crippen LogP contribution in [-0.4, -0.2) is 9.13 Å². The summed E-state index contributed by atoms with van der Waals surface area (Å²) in [6.45, 7) is 0. The third kappa shape index (κ3) is 3.98. The first kappa shape index (κ1) is 25.4. The smallest absolute Gasteiger partial charge is 0.0548 e. The van der Waals surface area contributed by atoms with Gasteiger partial charge in [0.05, 0.1) is 22.1 Å². The van der Waals surface area contributed by atoms with Crippen LogP contribution in [0, 0.1) is 0 Å². The zero-order valence-electron chi connectivity index (χ0n) is 24.6. The average Bonchev–Trinajstić information content (AvgIpc) is 3.63. The summed E-state index contributed by atoms with van der Waals surface area (Å²) in [6.07, 6.45) is 0. The van der Waals surface area contributed by atoms with Crippen LogP contribution in [-0.2, 0) is 0 Å². The van der Waals surface area contributed by atoms with Gasteiger partial charge in [0.25, 0.3) is 0 Å². The Morgan fingerprint density at radius 2 is 0.667 bits per heavy atom. The molecule has 0 radical (unpaired) electrons. The van der Waals surface area contributed by atoms with Crippen molar-refractivity contribution in [2.45, 2.75) is 0 Å². The van der Waals surface area contributed by atoms with Gasteiger partial charge in [-0.15, -0.1) is 0 Å². The number of rotatable bonds is 5. The molecule has 0 saturated heterocycles. The summed E-state index contributed by atoms with van der Waals surface area (Å²) < 4.78 is 4.81. The number of anilines is 3. The molecule has 0 bridgehead atoms. The van der Waals surface area contributed by atoms with E-state index in [4.69, 9.17) is 0 Å². The second-order valence-electron chi connectivity index (χ2n) is 11.4. The number of para-hydroxylation sites is 5. The summed E-state index contributed by atoms with van der Waals surface area (Å²) in [5.74, 6) is 0. The molecule has 9 rings (SSSR count). The molecule has 2 aromatic heterocycles. The topological polar surface area (TPSA) is 13.1 Å². The molecule has 0 unspecified atom stereocenters. The Bertz CT molecular complexity index is 2420. The summed E-state index contributed by atoms with van der Waals surface area (Å²) in [5, 5.41) is 5.10. The fraction of sp³-hybridized carbons (Fsp3) is 0. The molecule has 3 nitrogen and oxygen atoms in total. The molecule has 0 aliphatic heterocycles. The Kier molecular flexibility index (Phi) is 5.82. The van der Waals surface area contributed by atoms with Crippen LogP contribution >= 0.6 is 0 Å². The van der Waals surface area contributed by atoms with E-state index in [9.17, 15) is 0 Å². The fourth-order valence-electron chi connectivity index (χ4n) is 7.00. The van der Waals surface area contributed by atoms with E-state index in [1.807, 2.05) is 0 Å². The lowest BCUT2D eigenvalue weighted by molar-refractivity contribution is 1.17. The highest BCUT2D eigenvalue weighted by Crippen LogP contribution is 2.42. The zero-order valence-corrected chi connectivity index (χ0v) is 24.6. The summed E-state index contributed by atoms with van der Waals surface area (Å²) in [6, 6.07) is 62.9. The number of benzene rings is 7. The van der Waals surface area contributed by atoms with Crippen molar-refractivity contribution in [3.05, 3.63) is 176 Å². The first-order chi connectivity index (χ1) is 22.4. The normalized spacial score (nSPS) is 11.6. The van der Waals surface area contributed by atoms with E-state index in [2.05, 4.69) is 190 Å². The summed E-state index contributed by atoms with van der Waals surface area (Å²) >= 11 is 0. The quantitative estimate of drug-likeness (QED) is 0.199. The highest BCUT2D eigenvalue weighted by Gasteiger charge is 2.20. The van der Waals surface area contributed by atoms with Gasteiger partial charge in [-0.1, -0.05) is 91.0 Å². The van der Waals surface area contributed by atoms with E-state index < -0.39 is 0 Å². The molecule has 0 spiro atoms. The lowest BCUT2D eigenvalue weighted by atomic mass is 10.1. The number of fused-ring (bicyclic) bond motifs is 7. The van der Waals surface area contributed by atoms with Crippen LogP contribution in [0.15, 0.2) is 176 Å². The lowest BCUT2D eigenvalue weighted by Gasteiger charge is -2.25. The van der Waals surface area contributed by atoms with Crippen molar-refractivity contribution < 1.29 is 0 Å². The molecule has 3 heteroatoms. The SMILES string of the molecule is c1ccc(N(c2ccccc2)c2ccc(-n3c4ccccc4c4c5c6ccccc6n(-c6ccccc6)c5ccc43)cc2)cc1. The van der Waals surface area contributed by atoms with E-state index >= 15 is 0 Å². The molecule has 0 aliphatic carbocycles. The molecule has 0 atom stereocenters. The first-order valence-corrected chi connectivity index (χ1v) is 15.4. The van der Waals surface area contributed by atoms with Crippen LogP contribution in [0.1, 0.15) is 0 Å². The van der Waals surface area contributed by atoms with Gasteiger partial charge in [-0.25, -0.2) is 0 Å².